The van der Waals surface area contributed by atoms with Crippen molar-refractivity contribution in [2.45, 2.75) is 6.42 Å². The summed E-state index contributed by atoms with van der Waals surface area (Å²) in [6, 6.07) is 13.3. The van der Waals surface area contributed by atoms with Crippen LogP contribution in [0.3, 0.4) is 0 Å². The van der Waals surface area contributed by atoms with Crippen molar-refractivity contribution in [1.29, 1.82) is 0 Å². The van der Waals surface area contributed by atoms with E-state index >= 15 is 0 Å². The summed E-state index contributed by atoms with van der Waals surface area (Å²) in [7, 11) is 0. The molecule has 2 heterocycles. The first-order valence-corrected chi connectivity index (χ1v) is 11.8. The van der Waals surface area contributed by atoms with Crippen LogP contribution in [-0.4, -0.2) is 55.2 Å². The van der Waals surface area contributed by atoms with Crippen molar-refractivity contribution in [2.24, 2.45) is 0 Å². The van der Waals surface area contributed by atoms with E-state index in [4.69, 9.17) is 21.3 Å². The molecule has 0 N–H and O–H groups in total. The molecule has 4 rings (SSSR count). The molecule has 29 heavy (non-hydrogen) atoms. The summed E-state index contributed by atoms with van der Waals surface area (Å²) in [5, 5.41) is 1.39. The van der Waals surface area contributed by atoms with E-state index in [9.17, 15) is 4.79 Å². The minimum Gasteiger partial charge on any atom is -0.379 e. The molecule has 0 spiro atoms. The third-order valence-electron chi connectivity index (χ3n) is 4.88. The van der Waals surface area contributed by atoms with Crippen molar-refractivity contribution in [2.75, 3.05) is 44.3 Å². The van der Waals surface area contributed by atoms with Crippen molar-refractivity contribution in [3.63, 3.8) is 0 Å². The number of halogens is 2. The Bertz CT molecular complexity index is 1010. The molecule has 1 saturated heterocycles. The molecule has 0 aliphatic carbocycles. The first-order valence-electron chi connectivity index (χ1n) is 9.54. The van der Waals surface area contributed by atoms with Gasteiger partial charge in [0.15, 0.2) is 5.13 Å². The number of carbonyl (C=O) groups excluding carboxylic acids is 1. The lowest BCUT2D eigenvalue weighted by Gasteiger charge is -2.27. The molecule has 0 radical (unpaired) electrons. The SMILES string of the molecule is O=C(c1ccccc1I)N(CCCN1CCOCC1)c1nc2ccc(Cl)cc2s1. The highest BCUT2D eigenvalue weighted by atomic mass is 127. The van der Waals surface area contributed by atoms with Crippen LogP contribution in [0.5, 0.6) is 0 Å². The second kappa shape index (κ2) is 9.70. The number of carbonyl (C=O) groups is 1. The maximum atomic E-state index is 13.4. The third-order valence-corrected chi connectivity index (χ3v) is 7.10. The van der Waals surface area contributed by atoms with E-state index in [0.29, 0.717) is 22.3 Å². The standard InChI is InChI=1S/C21H21ClIN3O2S/c22-15-6-7-18-19(14-15)29-21(24-18)26(9-3-8-25-10-12-28-13-11-25)20(27)16-4-1-2-5-17(16)23/h1-2,4-7,14H,3,8-13H2. The largest absolute Gasteiger partial charge is 0.379 e. The average molecular weight is 542 g/mol. The van der Waals surface area contributed by atoms with Gasteiger partial charge in [-0.15, -0.1) is 0 Å². The zero-order valence-electron chi connectivity index (χ0n) is 15.8. The molecule has 1 amide bonds. The van der Waals surface area contributed by atoms with Crippen LogP contribution in [0.2, 0.25) is 5.02 Å². The Balaban J connectivity index is 1.58. The highest BCUT2D eigenvalue weighted by Crippen LogP contribution is 2.32. The summed E-state index contributed by atoms with van der Waals surface area (Å²) in [6.07, 6.45) is 0.881. The number of thiazole rings is 1. The Kier molecular flexibility index (Phi) is 7.02. The van der Waals surface area contributed by atoms with Crippen LogP contribution in [0.1, 0.15) is 16.8 Å². The molecule has 8 heteroatoms. The monoisotopic (exact) mass is 541 g/mol. The van der Waals surface area contributed by atoms with Gasteiger partial charge in [0, 0.05) is 34.8 Å². The smallest absolute Gasteiger partial charge is 0.261 e. The van der Waals surface area contributed by atoms with Gasteiger partial charge >= 0.3 is 0 Å². The molecule has 5 nitrogen and oxygen atoms in total. The molecule has 1 fully saturated rings. The Labute approximate surface area is 192 Å². The lowest BCUT2D eigenvalue weighted by Crippen LogP contribution is -2.39. The number of fused-ring (bicyclic) bond motifs is 1. The number of morpholine rings is 1. The number of amides is 1. The number of benzene rings is 2. The minimum atomic E-state index is -0.0119. The third kappa shape index (κ3) is 5.08. The Morgan fingerprint density at radius 3 is 2.83 bits per heavy atom. The number of aromatic nitrogens is 1. The summed E-state index contributed by atoms with van der Waals surface area (Å²) in [4.78, 5) is 22.3. The van der Waals surface area contributed by atoms with Crippen molar-refractivity contribution in [1.82, 2.24) is 9.88 Å². The number of ether oxygens (including phenoxy) is 1. The molecule has 152 valence electrons. The lowest BCUT2D eigenvalue weighted by atomic mass is 10.2. The fourth-order valence-corrected chi connectivity index (χ4v) is 5.23. The van der Waals surface area contributed by atoms with Gasteiger partial charge in [-0.2, -0.15) is 0 Å². The van der Waals surface area contributed by atoms with Crippen LogP contribution in [-0.2, 0) is 4.74 Å². The molecular formula is C21H21ClIN3O2S. The molecule has 0 saturated carbocycles. The zero-order valence-corrected chi connectivity index (χ0v) is 19.5. The van der Waals surface area contributed by atoms with Crippen LogP contribution in [0.25, 0.3) is 10.2 Å². The number of nitrogens with zero attached hydrogens (tertiary/aromatic N) is 3. The fraction of sp³-hybridized carbons (Fsp3) is 0.333. The van der Waals surface area contributed by atoms with Gasteiger partial charge in [-0.25, -0.2) is 4.98 Å². The maximum absolute atomic E-state index is 13.4. The van der Waals surface area contributed by atoms with Crippen molar-refractivity contribution < 1.29 is 9.53 Å². The molecular weight excluding hydrogens is 521 g/mol. The summed E-state index contributed by atoms with van der Waals surface area (Å²) in [6.45, 7) is 5.02. The van der Waals surface area contributed by atoms with Crippen LogP contribution in [0, 0.1) is 3.57 Å². The van der Waals surface area contributed by atoms with E-state index in [0.717, 1.165) is 53.1 Å². The Morgan fingerprint density at radius 1 is 1.24 bits per heavy atom. The number of hydrogen-bond donors (Lipinski definition) is 0. The molecule has 3 aromatic rings. The van der Waals surface area contributed by atoms with Gasteiger partial charge in [-0.1, -0.05) is 35.1 Å². The highest BCUT2D eigenvalue weighted by molar-refractivity contribution is 14.1. The second-order valence-corrected chi connectivity index (χ2v) is 9.46. The summed E-state index contributed by atoms with van der Waals surface area (Å²) >= 11 is 9.86. The van der Waals surface area contributed by atoms with E-state index in [-0.39, 0.29) is 5.91 Å². The van der Waals surface area contributed by atoms with Gasteiger partial charge < -0.3 is 4.74 Å². The van der Waals surface area contributed by atoms with Crippen molar-refractivity contribution in [3.05, 3.63) is 56.6 Å². The van der Waals surface area contributed by atoms with Gasteiger partial charge in [0.1, 0.15) is 0 Å². The first kappa shape index (κ1) is 21.0. The van der Waals surface area contributed by atoms with Gasteiger partial charge in [0.05, 0.1) is 29.0 Å². The van der Waals surface area contributed by atoms with Crippen LogP contribution in [0.15, 0.2) is 42.5 Å². The van der Waals surface area contributed by atoms with Gasteiger partial charge in [0.2, 0.25) is 0 Å². The summed E-state index contributed by atoms with van der Waals surface area (Å²) in [5.41, 5.74) is 1.57. The van der Waals surface area contributed by atoms with E-state index in [1.807, 2.05) is 47.4 Å². The number of rotatable bonds is 6. The van der Waals surface area contributed by atoms with E-state index in [1.54, 1.807) is 0 Å². The van der Waals surface area contributed by atoms with Crippen LogP contribution < -0.4 is 4.90 Å². The maximum Gasteiger partial charge on any atom is 0.261 e. The Morgan fingerprint density at radius 2 is 2.03 bits per heavy atom. The average Bonchev–Trinajstić information content (AvgIpc) is 3.14. The van der Waals surface area contributed by atoms with Crippen molar-refractivity contribution in [3.8, 4) is 0 Å². The predicted octanol–water partition coefficient (Wildman–Crippen LogP) is 4.92. The molecule has 0 atom stereocenters. The summed E-state index contributed by atoms with van der Waals surface area (Å²) in [5.74, 6) is -0.0119. The van der Waals surface area contributed by atoms with E-state index in [2.05, 4.69) is 27.5 Å². The highest BCUT2D eigenvalue weighted by Gasteiger charge is 2.23. The molecule has 0 bridgehead atoms. The quantitative estimate of drug-likeness (QED) is 0.416. The predicted molar refractivity (Wildman–Crippen MR) is 127 cm³/mol. The minimum absolute atomic E-state index is 0.0119. The normalized spacial score (nSPS) is 15.0. The van der Waals surface area contributed by atoms with Gasteiger partial charge in [-0.3, -0.25) is 14.6 Å². The second-order valence-electron chi connectivity index (χ2n) is 6.85. The first-order chi connectivity index (χ1) is 14.1. The molecule has 2 aromatic carbocycles. The Hall–Kier alpha value is -1.26. The molecule has 0 unspecified atom stereocenters. The lowest BCUT2D eigenvalue weighted by molar-refractivity contribution is 0.0376. The molecule has 1 aliphatic heterocycles. The topological polar surface area (TPSA) is 45.7 Å². The summed E-state index contributed by atoms with van der Waals surface area (Å²) < 4.78 is 7.35. The van der Waals surface area contributed by atoms with E-state index in [1.165, 1.54) is 11.3 Å². The fourth-order valence-electron chi connectivity index (χ4n) is 3.34. The number of hydrogen-bond acceptors (Lipinski definition) is 5. The van der Waals surface area contributed by atoms with Crippen LogP contribution in [0.4, 0.5) is 5.13 Å². The molecule has 1 aromatic heterocycles. The molecule has 1 aliphatic rings. The zero-order chi connectivity index (χ0) is 20.2. The number of anilines is 1. The van der Waals surface area contributed by atoms with Gasteiger partial charge in [-0.05, 0) is 59.3 Å². The van der Waals surface area contributed by atoms with Crippen molar-refractivity contribution >= 4 is 66.8 Å². The van der Waals surface area contributed by atoms with E-state index < -0.39 is 0 Å². The van der Waals surface area contributed by atoms with Crippen LogP contribution >= 0.6 is 45.5 Å². The van der Waals surface area contributed by atoms with Gasteiger partial charge in [0.25, 0.3) is 5.91 Å².